The van der Waals surface area contributed by atoms with Gasteiger partial charge in [0.1, 0.15) is 11.6 Å². The van der Waals surface area contributed by atoms with E-state index in [1.807, 2.05) is 48.2 Å². The van der Waals surface area contributed by atoms with Crippen molar-refractivity contribution in [2.75, 3.05) is 19.7 Å². The third-order valence-electron chi connectivity index (χ3n) is 4.96. The molecule has 1 unspecified atom stereocenters. The first-order valence-corrected chi connectivity index (χ1v) is 9.40. The molecular formula is C22H26FNO2. The van der Waals surface area contributed by atoms with Gasteiger partial charge < -0.3 is 9.64 Å². The van der Waals surface area contributed by atoms with Gasteiger partial charge in [-0.15, -0.1) is 0 Å². The van der Waals surface area contributed by atoms with E-state index in [4.69, 9.17) is 4.74 Å². The van der Waals surface area contributed by atoms with Crippen molar-refractivity contribution < 1.29 is 13.9 Å². The van der Waals surface area contributed by atoms with Crippen LogP contribution in [0.1, 0.15) is 43.2 Å². The molecule has 2 aromatic rings. The maximum Gasteiger partial charge on any atom is 0.227 e. The van der Waals surface area contributed by atoms with Gasteiger partial charge in [-0.2, -0.15) is 0 Å². The molecule has 1 saturated heterocycles. The van der Waals surface area contributed by atoms with Crippen LogP contribution in [0.15, 0.2) is 48.5 Å². The van der Waals surface area contributed by atoms with Gasteiger partial charge in [0, 0.05) is 19.0 Å². The molecule has 138 valence electrons. The SMILES string of the molecule is CCOc1ccc(CC(=O)N2CCCCC(c3ccc(F)cc3)C2)cc1. The highest BCUT2D eigenvalue weighted by atomic mass is 19.1. The lowest BCUT2D eigenvalue weighted by molar-refractivity contribution is -0.130. The minimum atomic E-state index is -0.217. The van der Waals surface area contributed by atoms with Gasteiger partial charge in [-0.1, -0.05) is 30.7 Å². The minimum absolute atomic E-state index is 0.156. The van der Waals surface area contributed by atoms with Crippen LogP contribution in [0.5, 0.6) is 5.75 Å². The van der Waals surface area contributed by atoms with Crippen molar-refractivity contribution in [2.24, 2.45) is 0 Å². The Balaban J connectivity index is 1.64. The van der Waals surface area contributed by atoms with Crippen molar-refractivity contribution in [1.82, 2.24) is 4.90 Å². The lowest BCUT2D eigenvalue weighted by Gasteiger charge is -2.25. The average molecular weight is 355 g/mol. The first-order chi connectivity index (χ1) is 12.7. The summed E-state index contributed by atoms with van der Waals surface area (Å²) in [6, 6.07) is 14.4. The second-order valence-electron chi connectivity index (χ2n) is 6.84. The summed E-state index contributed by atoms with van der Waals surface area (Å²) in [5, 5.41) is 0. The van der Waals surface area contributed by atoms with Crippen LogP contribution < -0.4 is 4.74 Å². The molecule has 0 aromatic heterocycles. The lowest BCUT2D eigenvalue weighted by atomic mass is 9.94. The molecule has 0 aliphatic carbocycles. The summed E-state index contributed by atoms with van der Waals surface area (Å²) in [5.41, 5.74) is 2.12. The predicted molar refractivity (Wildman–Crippen MR) is 101 cm³/mol. The highest BCUT2D eigenvalue weighted by Gasteiger charge is 2.23. The van der Waals surface area contributed by atoms with Gasteiger partial charge in [-0.05, 0) is 55.2 Å². The van der Waals surface area contributed by atoms with E-state index in [1.165, 1.54) is 12.1 Å². The van der Waals surface area contributed by atoms with Gasteiger partial charge in [-0.25, -0.2) is 4.39 Å². The van der Waals surface area contributed by atoms with Crippen LogP contribution in [0.2, 0.25) is 0 Å². The Bertz CT molecular complexity index is 712. The Hall–Kier alpha value is -2.36. The fourth-order valence-electron chi connectivity index (χ4n) is 3.53. The molecule has 0 bridgehead atoms. The van der Waals surface area contributed by atoms with Crippen LogP contribution in [0.3, 0.4) is 0 Å². The highest BCUT2D eigenvalue weighted by Crippen LogP contribution is 2.27. The maximum absolute atomic E-state index is 13.2. The van der Waals surface area contributed by atoms with E-state index >= 15 is 0 Å². The summed E-state index contributed by atoms with van der Waals surface area (Å²) in [5.74, 6) is 1.05. The van der Waals surface area contributed by atoms with Crippen LogP contribution in [0.4, 0.5) is 4.39 Å². The minimum Gasteiger partial charge on any atom is -0.494 e. The normalized spacial score (nSPS) is 17.6. The van der Waals surface area contributed by atoms with Gasteiger partial charge in [0.05, 0.1) is 13.0 Å². The van der Waals surface area contributed by atoms with Crippen LogP contribution in [0.25, 0.3) is 0 Å². The third kappa shape index (κ3) is 4.84. The number of halogens is 1. The molecule has 1 atom stereocenters. The standard InChI is InChI=1S/C22H26FNO2/c1-2-26-21-12-6-17(7-13-21)15-22(25)24-14-4-3-5-19(16-24)18-8-10-20(23)11-9-18/h6-13,19H,2-5,14-16H2,1H3. The third-order valence-corrected chi connectivity index (χ3v) is 4.96. The Morgan fingerprint density at radius 1 is 1.12 bits per heavy atom. The van der Waals surface area contributed by atoms with Crippen LogP contribution in [-0.4, -0.2) is 30.5 Å². The second kappa shape index (κ2) is 8.84. The number of likely N-dealkylation sites (tertiary alicyclic amines) is 1. The molecule has 4 heteroatoms. The highest BCUT2D eigenvalue weighted by molar-refractivity contribution is 5.79. The van der Waals surface area contributed by atoms with Crippen LogP contribution in [0, 0.1) is 5.82 Å². The van der Waals surface area contributed by atoms with Crippen molar-refractivity contribution in [3.05, 3.63) is 65.5 Å². The van der Waals surface area contributed by atoms with Crippen LogP contribution in [-0.2, 0) is 11.2 Å². The van der Waals surface area contributed by atoms with Crippen molar-refractivity contribution in [3.8, 4) is 5.75 Å². The van der Waals surface area contributed by atoms with Gasteiger partial charge in [0.25, 0.3) is 0 Å². The Morgan fingerprint density at radius 2 is 1.85 bits per heavy atom. The number of nitrogens with zero attached hydrogens (tertiary/aromatic N) is 1. The monoisotopic (exact) mass is 355 g/mol. The predicted octanol–water partition coefficient (Wildman–Crippen LogP) is 4.56. The van der Waals surface area contributed by atoms with Crippen LogP contribution >= 0.6 is 0 Å². The summed E-state index contributed by atoms with van der Waals surface area (Å²) >= 11 is 0. The number of ether oxygens (including phenoxy) is 1. The number of carbonyl (C=O) groups is 1. The fraction of sp³-hybridized carbons (Fsp3) is 0.409. The molecule has 0 radical (unpaired) electrons. The summed E-state index contributed by atoms with van der Waals surface area (Å²) in [6.07, 6.45) is 3.56. The number of benzene rings is 2. The molecule has 26 heavy (non-hydrogen) atoms. The summed E-state index contributed by atoms with van der Waals surface area (Å²) in [4.78, 5) is 14.8. The molecule has 1 aliphatic rings. The van der Waals surface area contributed by atoms with E-state index < -0.39 is 0 Å². The molecule has 1 amide bonds. The lowest BCUT2D eigenvalue weighted by Crippen LogP contribution is -2.35. The zero-order valence-corrected chi connectivity index (χ0v) is 15.3. The van der Waals surface area contributed by atoms with E-state index in [2.05, 4.69) is 0 Å². The summed E-state index contributed by atoms with van der Waals surface area (Å²) < 4.78 is 18.6. The first kappa shape index (κ1) is 18.4. The number of amides is 1. The number of carbonyl (C=O) groups excluding carboxylic acids is 1. The Morgan fingerprint density at radius 3 is 2.54 bits per heavy atom. The van der Waals surface area contributed by atoms with E-state index in [9.17, 15) is 9.18 Å². The molecule has 1 heterocycles. The maximum atomic E-state index is 13.2. The van der Waals surface area contributed by atoms with E-state index in [0.29, 0.717) is 19.6 Å². The topological polar surface area (TPSA) is 29.5 Å². The number of hydrogen-bond donors (Lipinski definition) is 0. The van der Waals surface area contributed by atoms with Crippen molar-refractivity contribution >= 4 is 5.91 Å². The second-order valence-corrected chi connectivity index (χ2v) is 6.84. The van der Waals surface area contributed by atoms with Gasteiger partial charge in [0.15, 0.2) is 0 Å². The zero-order chi connectivity index (χ0) is 18.4. The molecule has 2 aromatic carbocycles. The Kier molecular flexibility index (Phi) is 6.26. The van der Waals surface area contributed by atoms with Crippen molar-refractivity contribution in [3.63, 3.8) is 0 Å². The number of hydrogen-bond acceptors (Lipinski definition) is 2. The van der Waals surface area contributed by atoms with Crippen molar-refractivity contribution in [2.45, 2.75) is 38.5 Å². The molecule has 3 nitrogen and oxygen atoms in total. The fourth-order valence-corrected chi connectivity index (χ4v) is 3.53. The average Bonchev–Trinajstić information content (AvgIpc) is 2.91. The van der Waals surface area contributed by atoms with Crippen molar-refractivity contribution in [1.29, 1.82) is 0 Å². The van der Waals surface area contributed by atoms with E-state index in [1.54, 1.807) is 0 Å². The van der Waals surface area contributed by atoms with E-state index in [-0.39, 0.29) is 17.6 Å². The summed E-state index contributed by atoms with van der Waals surface area (Å²) in [6.45, 7) is 4.10. The molecular weight excluding hydrogens is 329 g/mol. The Labute approximate surface area is 154 Å². The molecule has 0 N–H and O–H groups in total. The smallest absolute Gasteiger partial charge is 0.227 e. The van der Waals surface area contributed by atoms with Gasteiger partial charge >= 0.3 is 0 Å². The largest absolute Gasteiger partial charge is 0.494 e. The van der Waals surface area contributed by atoms with Gasteiger partial charge in [-0.3, -0.25) is 4.79 Å². The molecule has 1 aliphatic heterocycles. The summed E-state index contributed by atoms with van der Waals surface area (Å²) in [7, 11) is 0. The van der Waals surface area contributed by atoms with Gasteiger partial charge in [0.2, 0.25) is 5.91 Å². The first-order valence-electron chi connectivity index (χ1n) is 9.40. The van der Waals surface area contributed by atoms with E-state index in [0.717, 1.165) is 42.7 Å². The quantitative estimate of drug-likeness (QED) is 0.787. The number of rotatable bonds is 5. The molecule has 3 rings (SSSR count). The molecule has 1 fully saturated rings. The molecule has 0 spiro atoms. The zero-order valence-electron chi connectivity index (χ0n) is 15.3. The molecule has 0 saturated carbocycles.